The molecular weight excluding hydrogens is 351 g/mol. The average Bonchev–Trinajstić information content (AvgIpc) is 2.35. The quantitative estimate of drug-likeness (QED) is 0.749. The van der Waals surface area contributed by atoms with Gasteiger partial charge in [0.25, 0.3) is 0 Å². The molecule has 0 spiro atoms. The van der Waals surface area contributed by atoms with Gasteiger partial charge in [-0.05, 0) is 12.1 Å². The van der Waals surface area contributed by atoms with Crippen LogP contribution in [0, 0.1) is 0 Å². The van der Waals surface area contributed by atoms with E-state index in [1.807, 2.05) is 0 Å². The molecule has 0 aliphatic heterocycles. The molecule has 0 aliphatic carbocycles. The molecule has 1 aromatic carbocycles. The molecule has 0 radical (unpaired) electrons. The monoisotopic (exact) mass is 356 g/mol. The highest BCUT2D eigenvalue weighted by Gasteiger charge is 2.74. The van der Waals surface area contributed by atoms with Crippen molar-refractivity contribution in [1.82, 2.24) is 0 Å². The van der Waals surface area contributed by atoms with Crippen LogP contribution in [0.4, 0.5) is 39.5 Å². The Morgan fingerprint density at radius 3 is 1.70 bits per heavy atom. The third kappa shape index (κ3) is 4.50. The van der Waals surface area contributed by atoms with Gasteiger partial charge in [-0.3, -0.25) is 4.79 Å². The van der Waals surface area contributed by atoms with E-state index < -0.39 is 36.0 Å². The van der Waals surface area contributed by atoms with E-state index in [1.165, 1.54) is 6.07 Å². The summed E-state index contributed by atoms with van der Waals surface area (Å²) in [5.41, 5.74) is 0. The summed E-state index contributed by atoms with van der Waals surface area (Å²) in [5, 5.41) is 0. The van der Waals surface area contributed by atoms with Crippen molar-refractivity contribution in [3.63, 3.8) is 0 Å². The summed E-state index contributed by atoms with van der Waals surface area (Å²) in [6.07, 6.45) is -18.6. The molecule has 0 aromatic heterocycles. The highest BCUT2D eigenvalue weighted by atomic mass is 19.4. The zero-order valence-electron chi connectivity index (χ0n) is 10.5. The van der Waals surface area contributed by atoms with E-state index in [2.05, 4.69) is 9.47 Å². The van der Waals surface area contributed by atoms with E-state index in [9.17, 15) is 44.3 Å². The van der Waals surface area contributed by atoms with Crippen molar-refractivity contribution < 1.29 is 53.8 Å². The summed E-state index contributed by atoms with van der Waals surface area (Å²) < 4.78 is 119. The minimum atomic E-state index is -6.39. The van der Waals surface area contributed by atoms with Gasteiger partial charge in [0.05, 0.1) is 0 Å². The SMILES string of the molecule is O=C(C(F)(F)F)C(F)(OC(F)(F)F)C(F)(F)Oc1ccccc1. The lowest BCUT2D eigenvalue weighted by Gasteiger charge is -2.31. The topological polar surface area (TPSA) is 35.5 Å². The van der Waals surface area contributed by atoms with Gasteiger partial charge in [0.1, 0.15) is 5.75 Å². The molecule has 0 N–H and O–H groups in total. The highest BCUT2D eigenvalue weighted by Crippen LogP contribution is 2.44. The Bertz CT molecular complexity index is 552. The average molecular weight is 356 g/mol. The maximum Gasteiger partial charge on any atom is 0.525 e. The van der Waals surface area contributed by atoms with Crippen LogP contribution in [0.1, 0.15) is 0 Å². The molecule has 0 heterocycles. The van der Waals surface area contributed by atoms with Gasteiger partial charge in [-0.15, -0.1) is 13.2 Å². The van der Waals surface area contributed by atoms with Gasteiger partial charge in [-0.25, -0.2) is 4.74 Å². The van der Waals surface area contributed by atoms with E-state index in [0.29, 0.717) is 12.1 Å². The molecule has 0 bridgehead atoms. The number of ketones is 1. The Morgan fingerprint density at radius 1 is 0.826 bits per heavy atom. The lowest BCUT2D eigenvalue weighted by Crippen LogP contribution is -2.61. The van der Waals surface area contributed by atoms with Gasteiger partial charge in [0.15, 0.2) is 0 Å². The molecular formula is C11H5F9O3. The summed E-state index contributed by atoms with van der Waals surface area (Å²) in [5.74, 6) is -11.3. The molecule has 1 aromatic rings. The number of hydrogen-bond donors (Lipinski definition) is 0. The fraction of sp³-hybridized carbons (Fsp3) is 0.364. The third-order valence-electron chi connectivity index (χ3n) is 2.17. The van der Waals surface area contributed by atoms with Gasteiger partial charge in [0.2, 0.25) is 0 Å². The summed E-state index contributed by atoms with van der Waals surface area (Å²) in [6, 6.07) is 4.63. The van der Waals surface area contributed by atoms with Crippen molar-refractivity contribution in [2.45, 2.75) is 24.5 Å². The first-order chi connectivity index (χ1) is 10.2. The minimum absolute atomic E-state index is 0.681. The maximum absolute atomic E-state index is 13.8. The first kappa shape index (κ1) is 19.1. The van der Waals surface area contributed by atoms with E-state index in [1.54, 1.807) is 0 Å². The van der Waals surface area contributed by atoms with Crippen molar-refractivity contribution >= 4 is 5.78 Å². The van der Waals surface area contributed by atoms with Gasteiger partial charge < -0.3 is 4.74 Å². The molecule has 1 rings (SSSR count). The maximum atomic E-state index is 13.8. The van der Waals surface area contributed by atoms with Crippen molar-refractivity contribution in [2.75, 3.05) is 0 Å². The van der Waals surface area contributed by atoms with Crippen molar-refractivity contribution in [2.24, 2.45) is 0 Å². The first-order valence-corrected chi connectivity index (χ1v) is 5.38. The van der Waals surface area contributed by atoms with Gasteiger partial charge >= 0.3 is 30.3 Å². The Hall–Kier alpha value is -1.98. The van der Waals surface area contributed by atoms with Crippen LogP contribution < -0.4 is 4.74 Å². The second-order valence-electron chi connectivity index (χ2n) is 3.90. The molecule has 0 amide bonds. The number of halogens is 9. The minimum Gasteiger partial charge on any atom is -0.428 e. The smallest absolute Gasteiger partial charge is 0.428 e. The van der Waals surface area contributed by atoms with Crippen LogP contribution >= 0.6 is 0 Å². The van der Waals surface area contributed by atoms with Crippen molar-refractivity contribution in [1.29, 1.82) is 0 Å². The third-order valence-corrected chi connectivity index (χ3v) is 2.17. The van der Waals surface area contributed by atoms with Crippen LogP contribution in [-0.4, -0.2) is 30.3 Å². The highest BCUT2D eigenvalue weighted by molar-refractivity contribution is 5.91. The van der Waals surface area contributed by atoms with Crippen LogP contribution in [0.25, 0.3) is 0 Å². The van der Waals surface area contributed by atoms with E-state index in [4.69, 9.17) is 0 Å². The second-order valence-corrected chi connectivity index (χ2v) is 3.90. The zero-order valence-corrected chi connectivity index (χ0v) is 10.5. The first-order valence-electron chi connectivity index (χ1n) is 5.38. The van der Waals surface area contributed by atoms with Crippen LogP contribution in [0.15, 0.2) is 30.3 Å². The predicted molar refractivity (Wildman–Crippen MR) is 54.1 cm³/mol. The molecule has 3 nitrogen and oxygen atoms in total. The summed E-state index contributed by atoms with van der Waals surface area (Å²) in [7, 11) is 0. The Morgan fingerprint density at radius 2 is 1.30 bits per heavy atom. The number of para-hydroxylation sites is 1. The van der Waals surface area contributed by atoms with E-state index >= 15 is 0 Å². The lowest BCUT2D eigenvalue weighted by molar-refractivity contribution is -0.443. The zero-order chi connectivity index (χ0) is 18.1. The number of ether oxygens (including phenoxy) is 2. The number of benzene rings is 1. The number of Topliss-reactive ketones (excluding diaryl/α,β-unsaturated/α-hetero) is 1. The molecule has 0 saturated heterocycles. The van der Waals surface area contributed by atoms with Crippen LogP contribution in [0.5, 0.6) is 5.75 Å². The van der Waals surface area contributed by atoms with Crippen LogP contribution in [0.2, 0.25) is 0 Å². The van der Waals surface area contributed by atoms with Crippen LogP contribution in [0.3, 0.4) is 0 Å². The molecule has 1 atom stereocenters. The van der Waals surface area contributed by atoms with E-state index in [-0.39, 0.29) is 0 Å². The molecule has 1 unspecified atom stereocenters. The van der Waals surface area contributed by atoms with E-state index in [0.717, 1.165) is 12.1 Å². The molecule has 130 valence electrons. The fourth-order valence-electron chi connectivity index (χ4n) is 1.28. The van der Waals surface area contributed by atoms with Gasteiger partial charge in [-0.2, -0.15) is 26.3 Å². The Labute approximate surface area is 121 Å². The molecule has 0 aliphatic rings. The van der Waals surface area contributed by atoms with Crippen molar-refractivity contribution in [3.05, 3.63) is 30.3 Å². The largest absolute Gasteiger partial charge is 0.525 e. The fourth-order valence-corrected chi connectivity index (χ4v) is 1.28. The summed E-state index contributed by atoms with van der Waals surface area (Å²) in [6.45, 7) is 0. The number of rotatable bonds is 5. The number of carbonyl (C=O) groups is 1. The normalized spacial score (nSPS) is 15.9. The van der Waals surface area contributed by atoms with Crippen LogP contribution in [-0.2, 0) is 9.53 Å². The Balaban J connectivity index is 3.29. The molecule has 0 saturated carbocycles. The Kier molecular flexibility index (Phi) is 4.90. The molecule has 12 heteroatoms. The number of hydrogen-bond acceptors (Lipinski definition) is 3. The summed E-state index contributed by atoms with van der Waals surface area (Å²) in [4.78, 5) is 10.7. The van der Waals surface area contributed by atoms with Gasteiger partial charge in [0, 0.05) is 0 Å². The summed E-state index contributed by atoms with van der Waals surface area (Å²) >= 11 is 0. The lowest BCUT2D eigenvalue weighted by atomic mass is 10.1. The number of carbonyl (C=O) groups excluding carboxylic acids is 1. The van der Waals surface area contributed by atoms with Crippen molar-refractivity contribution in [3.8, 4) is 5.75 Å². The predicted octanol–water partition coefficient (Wildman–Crippen LogP) is 3.99. The second kappa shape index (κ2) is 5.91. The molecule has 23 heavy (non-hydrogen) atoms. The van der Waals surface area contributed by atoms with Gasteiger partial charge in [-0.1, -0.05) is 18.2 Å². The standard InChI is InChI=1S/C11H5F9O3/c12-8(23-11(18,19)20,7(21)9(13,14)15)10(16,17)22-6-4-2-1-3-5-6/h1-5H. The molecule has 0 fully saturated rings. The number of alkyl halides is 9.